The van der Waals surface area contributed by atoms with Gasteiger partial charge in [-0.25, -0.2) is 14.4 Å². The lowest BCUT2D eigenvalue weighted by molar-refractivity contribution is -0.140. The summed E-state index contributed by atoms with van der Waals surface area (Å²) in [5, 5.41) is 3.75. The van der Waals surface area contributed by atoms with Crippen LogP contribution in [0.25, 0.3) is 10.9 Å². The summed E-state index contributed by atoms with van der Waals surface area (Å²) in [6.45, 7) is 7.97. The lowest BCUT2D eigenvalue weighted by Gasteiger charge is -2.38. The second kappa shape index (κ2) is 14.0. The van der Waals surface area contributed by atoms with Gasteiger partial charge in [0.2, 0.25) is 5.91 Å². The van der Waals surface area contributed by atoms with E-state index in [-0.39, 0.29) is 29.0 Å². The molecule has 1 aromatic heterocycles. The van der Waals surface area contributed by atoms with Crippen molar-refractivity contribution in [3.05, 3.63) is 52.6 Å². The number of amides is 1. The third kappa shape index (κ3) is 7.30. The Morgan fingerprint density at radius 2 is 1.76 bits per heavy atom. The molecule has 3 N–H and O–H groups in total. The van der Waals surface area contributed by atoms with Crippen molar-refractivity contribution < 1.29 is 31.8 Å². The average molecular weight is 647 g/mol. The van der Waals surface area contributed by atoms with Gasteiger partial charge in [0.05, 0.1) is 30.8 Å². The summed E-state index contributed by atoms with van der Waals surface area (Å²) < 4.78 is 66.5. The number of hydrogen-bond donors (Lipinski definition) is 2. The van der Waals surface area contributed by atoms with Gasteiger partial charge in [0.1, 0.15) is 23.2 Å². The third-order valence-electron chi connectivity index (χ3n) is 9.22. The van der Waals surface area contributed by atoms with E-state index in [2.05, 4.69) is 20.2 Å². The van der Waals surface area contributed by atoms with Crippen molar-refractivity contribution in [3.8, 4) is 5.75 Å². The van der Waals surface area contributed by atoms with Gasteiger partial charge in [0, 0.05) is 68.5 Å². The monoisotopic (exact) mass is 646 g/mol. The van der Waals surface area contributed by atoms with Crippen LogP contribution in [0.2, 0.25) is 0 Å². The van der Waals surface area contributed by atoms with Crippen molar-refractivity contribution in [3.63, 3.8) is 0 Å². The van der Waals surface area contributed by atoms with Gasteiger partial charge < -0.3 is 25.4 Å². The zero-order chi connectivity index (χ0) is 33.2. The van der Waals surface area contributed by atoms with E-state index in [1.807, 2.05) is 17.0 Å². The number of fused-ring (bicyclic) bond motifs is 1. The summed E-state index contributed by atoms with van der Waals surface area (Å²) in [4.78, 5) is 26.8. The molecular weight excluding hydrogens is 604 g/mol. The second-order valence-corrected chi connectivity index (χ2v) is 12.3. The second-order valence-electron chi connectivity index (χ2n) is 12.3. The van der Waals surface area contributed by atoms with Gasteiger partial charge in [-0.15, -0.1) is 0 Å². The molecule has 0 bridgehead atoms. The number of aromatic nitrogens is 2. The fourth-order valence-corrected chi connectivity index (χ4v) is 6.69. The molecule has 0 spiro atoms. The van der Waals surface area contributed by atoms with Gasteiger partial charge in [-0.05, 0) is 69.2 Å². The molecule has 46 heavy (non-hydrogen) atoms. The Bertz CT molecular complexity index is 1550. The molecule has 2 aromatic carbocycles. The van der Waals surface area contributed by atoms with Crippen LogP contribution < -0.4 is 15.8 Å². The number of rotatable bonds is 9. The predicted molar refractivity (Wildman–Crippen MR) is 168 cm³/mol. The number of benzene rings is 2. The molecule has 1 saturated heterocycles. The van der Waals surface area contributed by atoms with Gasteiger partial charge in [0.25, 0.3) is 0 Å². The van der Waals surface area contributed by atoms with Gasteiger partial charge >= 0.3 is 6.18 Å². The molecule has 3 aromatic rings. The predicted octanol–water partition coefficient (Wildman–Crippen LogP) is 5.92. The van der Waals surface area contributed by atoms with Crippen molar-refractivity contribution in [2.45, 2.75) is 57.7 Å². The summed E-state index contributed by atoms with van der Waals surface area (Å²) in [7, 11) is 3.29. The Morgan fingerprint density at radius 3 is 2.39 bits per heavy atom. The zero-order valence-electron chi connectivity index (χ0n) is 26.7. The van der Waals surface area contributed by atoms with Crippen LogP contribution in [-0.4, -0.2) is 79.2 Å². The standard InChI is InChI=1S/C33H42F4N6O3/c1-19(24-15-23(38)16-27(30(24)34)33(35,36)37)39-31-26-17-25(29(46-4)18-28(26)40-20(2)41-31)21-5-7-22(8-6-21)32(44)43-11-9-42(10-12-43)13-14-45-3/h15-19,21-22H,5-14,38H2,1-4H3,(H,39,40,41)/t19-,21-,22+/m1/s1. The number of alkyl halides is 3. The Kier molecular flexibility index (Phi) is 10.2. The molecule has 2 heterocycles. The van der Waals surface area contributed by atoms with E-state index in [1.54, 1.807) is 28.1 Å². The number of ether oxygens (including phenoxy) is 2. The van der Waals surface area contributed by atoms with Crippen LogP contribution in [0.3, 0.4) is 0 Å². The molecule has 9 nitrogen and oxygen atoms in total. The zero-order valence-corrected chi connectivity index (χ0v) is 26.7. The van der Waals surface area contributed by atoms with Crippen LogP contribution in [0.5, 0.6) is 5.75 Å². The maximum absolute atomic E-state index is 15.1. The van der Waals surface area contributed by atoms with E-state index in [9.17, 15) is 18.0 Å². The Balaban J connectivity index is 1.34. The van der Waals surface area contributed by atoms with Crippen molar-refractivity contribution >= 4 is 28.3 Å². The van der Waals surface area contributed by atoms with E-state index in [0.29, 0.717) is 41.0 Å². The van der Waals surface area contributed by atoms with Crippen molar-refractivity contribution in [1.29, 1.82) is 0 Å². The molecule has 13 heteroatoms. The highest BCUT2D eigenvalue weighted by molar-refractivity contribution is 5.91. The Morgan fingerprint density at radius 1 is 1.07 bits per heavy atom. The molecule has 1 saturated carbocycles. The molecule has 1 aliphatic carbocycles. The highest BCUT2D eigenvalue weighted by Crippen LogP contribution is 2.43. The number of aryl methyl sites for hydroxylation is 1. The number of carbonyl (C=O) groups excluding carboxylic acids is 1. The molecule has 1 aliphatic heterocycles. The SMILES string of the molecule is COCCN1CCN(C(=O)[C@H]2CC[C@@H](c3cc4c(N[C@H](C)c5cc(N)cc(C(F)(F)F)c5F)nc(C)nc4cc3OC)CC2)CC1. The third-order valence-corrected chi connectivity index (χ3v) is 9.22. The summed E-state index contributed by atoms with van der Waals surface area (Å²) in [5.74, 6) is 0.417. The first-order chi connectivity index (χ1) is 21.9. The van der Waals surface area contributed by atoms with Crippen molar-refractivity contribution in [2.75, 3.05) is 64.6 Å². The van der Waals surface area contributed by atoms with Crippen molar-refractivity contribution in [1.82, 2.24) is 19.8 Å². The van der Waals surface area contributed by atoms with Gasteiger partial charge in [-0.1, -0.05) is 0 Å². The molecule has 2 fully saturated rings. The summed E-state index contributed by atoms with van der Waals surface area (Å²) in [6, 6.07) is 4.69. The van der Waals surface area contributed by atoms with E-state index in [0.717, 1.165) is 64.0 Å². The molecular formula is C33H42F4N6O3. The molecule has 2 aliphatic rings. The number of halogens is 4. The quantitative estimate of drug-likeness (QED) is 0.218. The maximum atomic E-state index is 15.1. The highest BCUT2D eigenvalue weighted by atomic mass is 19.4. The Hall–Kier alpha value is -3.71. The number of nitrogens with one attached hydrogen (secondary N) is 1. The van der Waals surface area contributed by atoms with Crippen LogP contribution in [-0.2, 0) is 15.7 Å². The molecule has 1 amide bonds. The maximum Gasteiger partial charge on any atom is 0.419 e. The van der Waals surface area contributed by atoms with Gasteiger partial charge in [-0.2, -0.15) is 13.2 Å². The van der Waals surface area contributed by atoms with Crippen LogP contribution in [0, 0.1) is 18.7 Å². The molecule has 250 valence electrons. The van der Waals surface area contributed by atoms with Gasteiger partial charge in [-0.3, -0.25) is 9.69 Å². The summed E-state index contributed by atoms with van der Waals surface area (Å²) >= 11 is 0. The number of nitrogens with zero attached hydrogens (tertiary/aromatic N) is 4. The first-order valence-corrected chi connectivity index (χ1v) is 15.7. The first-order valence-electron chi connectivity index (χ1n) is 15.7. The lowest BCUT2D eigenvalue weighted by Crippen LogP contribution is -2.51. The largest absolute Gasteiger partial charge is 0.496 e. The van der Waals surface area contributed by atoms with Crippen molar-refractivity contribution in [2.24, 2.45) is 5.92 Å². The van der Waals surface area contributed by atoms with Crippen LogP contribution in [0.4, 0.5) is 29.1 Å². The minimum Gasteiger partial charge on any atom is -0.496 e. The number of methoxy groups -OCH3 is 2. The minimum atomic E-state index is -4.89. The normalized spacial score (nSPS) is 20.1. The number of carbonyl (C=O) groups is 1. The van der Waals surface area contributed by atoms with E-state index in [1.165, 1.54) is 6.07 Å². The van der Waals surface area contributed by atoms with E-state index < -0.39 is 23.6 Å². The topological polar surface area (TPSA) is 106 Å². The molecule has 0 unspecified atom stereocenters. The minimum absolute atomic E-state index is 0.0212. The molecule has 1 atom stereocenters. The van der Waals surface area contributed by atoms with E-state index >= 15 is 4.39 Å². The first kappa shape index (κ1) is 33.6. The van der Waals surface area contributed by atoms with Gasteiger partial charge in [0.15, 0.2) is 0 Å². The highest BCUT2D eigenvalue weighted by Gasteiger charge is 2.36. The average Bonchev–Trinajstić information content (AvgIpc) is 3.03. The molecule has 5 rings (SSSR count). The van der Waals surface area contributed by atoms with Crippen LogP contribution >= 0.6 is 0 Å². The fraction of sp³-hybridized carbons (Fsp3) is 0.545. The number of anilines is 2. The number of nitrogen functional groups attached to an aromatic ring is 1. The number of hydrogen-bond acceptors (Lipinski definition) is 8. The number of piperazine rings is 1. The number of nitrogens with two attached hydrogens (primary N) is 1. The van der Waals surface area contributed by atoms with Crippen LogP contribution in [0.1, 0.15) is 67.1 Å². The van der Waals surface area contributed by atoms with Crippen LogP contribution in [0.15, 0.2) is 24.3 Å². The van der Waals surface area contributed by atoms with E-state index in [4.69, 9.17) is 15.2 Å². The lowest BCUT2D eigenvalue weighted by atomic mass is 9.77. The smallest absolute Gasteiger partial charge is 0.419 e. The molecule has 0 radical (unpaired) electrons. The summed E-state index contributed by atoms with van der Waals surface area (Å²) in [5.41, 5.74) is 5.45. The summed E-state index contributed by atoms with van der Waals surface area (Å²) in [6.07, 6.45) is -1.77. The fourth-order valence-electron chi connectivity index (χ4n) is 6.69. The Labute approximate surface area is 266 Å².